The van der Waals surface area contributed by atoms with Gasteiger partial charge in [0.25, 0.3) is 0 Å². The summed E-state index contributed by atoms with van der Waals surface area (Å²) in [5, 5.41) is 0. The number of hydrogen-bond acceptors (Lipinski definition) is 0. The average Bonchev–Trinajstić information content (AvgIpc) is 2.81. The molecule has 0 atom stereocenters. The molecular weight excluding hydrogens is 386 g/mol. The minimum Gasteiger partial charge on any atom is -0.207 e. The van der Waals surface area contributed by atoms with Crippen LogP contribution in [0.1, 0.15) is 69.4 Å². The lowest BCUT2D eigenvalue weighted by atomic mass is 9.77. The molecule has 0 saturated heterocycles. The second-order valence-electron chi connectivity index (χ2n) is 8.99. The molecule has 0 aromatic heterocycles. The summed E-state index contributed by atoms with van der Waals surface area (Å²) < 4.78 is 30.0. The highest BCUT2D eigenvalue weighted by atomic mass is 19.1. The van der Waals surface area contributed by atoms with Crippen LogP contribution in [0.15, 0.2) is 60.7 Å². The van der Waals surface area contributed by atoms with Gasteiger partial charge in [0, 0.05) is 5.56 Å². The maximum atomic E-state index is 15.0. The highest BCUT2D eigenvalue weighted by Crippen LogP contribution is 2.40. The number of aryl methyl sites for hydroxylation is 1. The lowest BCUT2D eigenvalue weighted by Gasteiger charge is -2.29. The van der Waals surface area contributed by atoms with Crippen LogP contribution in [0.5, 0.6) is 0 Å². The molecule has 2 heteroatoms. The van der Waals surface area contributed by atoms with Crippen LogP contribution in [0.3, 0.4) is 0 Å². The third-order valence-electron chi connectivity index (χ3n) is 6.96. The van der Waals surface area contributed by atoms with Crippen LogP contribution >= 0.6 is 0 Å². The van der Waals surface area contributed by atoms with Gasteiger partial charge in [-0.25, -0.2) is 8.78 Å². The van der Waals surface area contributed by atoms with Crippen LogP contribution < -0.4 is 0 Å². The van der Waals surface area contributed by atoms with Gasteiger partial charge in [-0.05, 0) is 83.9 Å². The first-order chi connectivity index (χ1) is 15.1. The fraction of sp³-hybridized carbons (Fsp3) is 0.379. The third-order valence-corrected chi connectivity index (χ3v) is 6.96. The minimum atomic E-state index is -0.327. The van der Waals surface area contributed by atoms with E-state index in [1.165, 1.54) is 30.5 Å². The molecule has 31 heavy (non-hydrogen) atoms. The van der Waals surface area contributed by atoms with E-state index in [0.29, 0.717) is 16.7 Å². The van der Waals surface area contributed by atoms with Crippen molar-refractivity contribution in [2.45, 2.75) is 64.7 Å². The van der Waals surface area contributed by atoms with Crippen molar-refractivity contribution in [3.63, 3.8) is 0 Å². The number of rotatable bonds is 6. The highest BCUT2D eigenvalue weighted by Gasteiger charge is 2.25. The van der Waals surface area contributed by atoms with Crippen molar-refractivity contribution in [3.05, 3.63) is 83.4 Å². The summed E-state index contributed by atoms with van der Waals surface area (Å²) in [4.78, 5) is 0. The molecule has 4 rings (SSSR count). The molecule has 3 aromatic carbocycles. The molecule has 1 aliphatic rings. The Balaban J connectivity index is 1.53. The predicted molar refractivity (Wildman–Crippen MR) is 126 cm³/mol. The molecule has 0 N–H and O–H groups in total. The van der Waals surface area contributed by atoms with Crippen molar-refractivity contribution in [1.82, 2.24) is 0 Å². The Labute approximate surface area is 185 Å². The molecule has 0 nitrogen and oxygen atoms in total. The van der Waals surface area contributed by atoms with E-state index in [4.69, 9.17) is 0 Å². The van der Waals surface area contributed by atoms with Crippen LogP contribution in [-0.2, 0) is 6.42 Å². The zero-order valence-corrected chi connectivity index (χ0v) is 18.6. The number of halogens is 2. The van der Waals surface area contributed by atoms with Gasteiger partial charge in [-0.15, -0.1) is 0 Å². The standard InChI is InChI=1S/C29H32F2/c1-3-5-21-8-12-24(13-9-21)26-18-29(31)27(19-28(26)30)25-16-14-23(15-17-25)22-10-6-20(4-2)7-11-22/h6-7,10-11,14-19,21,24H,3-5,8-9,12-13H2,1-2H3. The smallest absolute Gasteiger partial charge is 0.131 e. The lowest BCUT2D eigenvalue weighted by Crippen LogP contribution is -2.14. The molecular formula is C29H32F2. The molecule has 3 aromatic rings. The van der Waals surface area contributed by atoms with Gasteiger partial charge in [0.15, 0.2) is 0 Å². The van der Waals surface area contributed by atoms with E-state index in [-0.39, 0.29) is 17.6 Å². The zero-order chi connectivity index (χ0) is 21.8. The molecule has 0 heterocycles. The molecule has 162 valence electrons. The van der Waals surface area contributed by atoms with Gasteiger partial charge >= 0.3 is 0 Å². The molecule has 0 radical (unpaired) electrons. The monoisotopic (exact) mass is 418 g/mol. The number of hydrogen-bond donors (Lipinski definition) is 0. The summed E-state index contributed by atoms with van der Waals surface area (Å²) in [5.41, 5.74) is 5.12. The molecule has 1 aliphatic carbocycles. The zero-order valence-electron chi connectivity index (χ0n) is 18.6. The molecule has 0 unspecified atom stereocenters. The van der Waals surface area contributed by atoms with E-state index in [1.54, 1.807) is 0 Å². The first-order valence-electron chi connectivity index (χ1n) is 11.8. The van der Waals surface area contributed by atoms with Crippen molar-refractivity contribution < 1.29 is 8.78 Å². The first-order valence-corrected chi connectivity index (χ1v) is 11.8. The first kappa shape index (κ1) is 21.7. The normalized spacial score (nSPS) is 18.8. The second kappa shape index (κ2) is 9.77. The Kier molecular flexibility index (Phi) is 6.85. The van der Waals surface area contributed by atoms with E-state index >= 15 is 4.39 Å². The Morgan fingerprint density at radius 1 is 0.710 bits per heavy atom. The van der Waals surface area contributed by atoms with Crippen LogP contribution in [0, 0.1) is 17.6 Å². The Morgan fingerprint density at radius 3 is 1.87 bits per heavy atom. The van der Waals surface area contributed by atoms with Crippen molar-refractivity contribution in [2.75, 3.05) is 0 Å². The second-order valence-corrected chi connectivity index (χ2v) is 8.99. The molecule has 1 saturated carbocycles. The number of benzene rings is 3. The Morgan fingerprint density at radius 2 is 1.29 bits per heavy atom. The largest absolute Gasteiger partial charge is 0.207 e. The van der Waals surface area contributed by atoms with Gasteiger partial charge in [-0.3, -0.25) is 0 Å². The van der Waals surface area contributed by atoms with Gasteiger partial charge in [0.05, 0.1) is 0 Å². The highest BCUT2D eigenvalue weighted by molar-refractivity contribution is 5.71. The van der Waals surface area contributed by atoms with Crippen molar-refractivity contribution in [2.24, 2.45) is 5.92 Å². The molecule has 1 fully saturated rings. The quantitative estimate of drug-likeness (QED) is 0.375. The van der Waals surface area contributed by atoms with E-state index < -0.39 is 0 Å². The van der Waals surface area contributed by atoms with E-state index in [0.717, 1.165) is 49.1 Å². The summed E-state index contributed by atoms with van der Waals surface area (Å²) in [6.45, 7) is 4.36. The summed E-state index contributed by atoms with van der Waals surface area (Å²) in [5.74, 6) is 0.303. The Bertz CT molecular complexity index is 994. The van der Waals surface area contributed by atoms with Crippen molar-refractivity contribution in [3.8, 4) is 22.3 Å². The molecule has 0 amide bonds. The van der Waals surface area contributed by atoms with Gasteiger partial charge < -0.3 is 0 Å². The summed E-state index contributed by atoms with van der Waals surface area (Å²) in [6, 6.07) is 19.1. The summed E-state index contributed by atoms with van der Waals surface area (Å²) in [6.07, 6.45) is 7.65. The summed E-state index contributed by atoms with van der Waals surface area (Å²) in [7, 11) is 0. The topological polar surface area (TPSA) is 0 Å². The fourth-order valence-corrected chi connectivity index (χ4v) is 5.04. The van der Waals surface area contributed by atoms with Crippen LogP contribution in [0.2, 0.25) is 0 Å². The van der Waals surface area contributed by atoms with Crippen LogP contribution in [0.25, 0.3) is 22.3 Å². The SMILES string of the molecule is CCCC1CCC(c2cc(F)c(-c3ccc(-c4ccc(CC)cc4)cc3)cc2F)CC1. The maximum Gasteiger partial charge on any atom is 0.131 e. The summed E-state index contributed by atoms with van der Waals surface area (Å²) >= 11 is 0. The van der Waals surface area contributed by atoms with E-state index in [9.17, 15) is 4.39 Å². The van der Waals surface area contributed by atoms with Crippen LogP contribution in [0.4, 0.5) is 8.78 Å². The maximum absolute atomic E-state index is 15.0. The van der Waals surface area contributed by atoms with E-state index in [1.807, 2.05) is 24.3 Å². The van der Waals surface area contributed by atoms with Gasteiger partial charge in [0.2, 0.25) is 0 Å². The molecule has 0 bridgehead atoms. The van der Waals surface area contributed by atoms with Crippen LogP contribution in [-0.4, -0.2) is 0 Å². The average molecular weight is 419 g/mol. The lowest BCUT2D eigenvalue weighted by molar-refractivity contribution is 0.304. The fourth-order valence-electron chi connectivity index (χ4n) is 5.04. The van der Waals surface area contributed by atoms with Crippen molar-refractivity contribution >= 4 is 0 Å². The van der Waals surface area contributed by atoms with E-state index in [2.05, 4.69) is 38.1 Å². The third kappa shape index (κ3) is 4.89. The molecule has 0 aliphatic heterocycles. The minimum absolute atomic E-state index is 0.144. The van der Waals surface area contributed by atoms with Gasteiger partial charge in [-0.1, -0.05) is 75.2 Å². The molecule has 0 spiro atoms. The van der Waals surface area contributed by atoms with Gasteiger partial charge in [-0.2, -0.15) is 0 Å². The van der Waals surface area contributed by atoms with Crippen molar-refractivity contribution in [1.29, 1.82) is 0 Å². The Hall–Kier alpha value is -2.48. The predicted octanol–water partition coefficient (Wildman–Crippen LogP) is 8.94. The van der Waals surface area contributed by atoms with Gasteiger partial charge in [0.1, 0.15) is 11.6 Å².